The van der Waals surface area contributed by atoms with E-state index < -0.39 is 0 Å². The molecule has 0 saturated heterocycles. The van der Waals surface area contributed by atoms with Gasteiger partial charge in [0.05, 0.1) is 17.6 Å². The largest absolute Gasteiger partial charge is 0.351 e. The van der Waals surface area contributed by atoms with Crippen LogP contribution >= 0.6 is 0 Å². The minimum Gasteiger partial charge on any atom is -0.351 e. The molecule has 1 N–H and O–H groups in total. The van der Waals surface area contributed by atoms with Crippen molar-refractivity contribution in [2.45, 2.75) is 58.4 Å². The maximum atomic E-state index is 4.93. The summed E-state index contributed by atoms with van der Waals surface area (Å²) in [6.07, 6.45) is 13.7. The Morgan fingerprint density at radius 2 is 1.75 bits per heavy atom. The number of imidazole rings is 1. The molecular formula is C27H31N5. The van der Waals surface area contributed by atoms with Crippen LogP contribution in [0.1, 0.15) is 51.0 Å². The summed E-state index contributed by atoms with van der Waals surface area (Å²) in [7, 11) is 0. The van der Waals surface area contributed by atoms with Crippen molar-refractivity contribution in [1.29, 1.82) is 0 Å². The number of hydrogen-bond donors (Lipinski definition) is 1. The minimum atomic E-state index is 0.463. The predicted molar refractivity (Wildman–Crippen MR) is 131 cm³/mol. The lowest BCUT2D eigenvalue weighted by atomic mass is 9.83. The van der Waals surface area contributed by atoms with E-state index in [4.69, 9.17) is 4.98 Å². The monoisotopic (exact) mass is 425 g/mol. The van der Waals surface area contributed by atoms with E-state index in [-0.39, 0.29) is 0 Å². The van der Waals surface area contributed by atoms with Crippen molar-refractivity contribution in [2.24, 2.45) is 5.92 Å². The van der Waals surface area contributed by atoms with Crippen LogP contribution in [0.3, 0.4) is 0 Å². The van der Waals surface area contributed by atoms with Gasteiger partial charge in [0.15, 0.2) is 0 Å². The van der Waals surface area contributed by atoms with Gasteiger partial charge in [-0.05, 0) is 67.3 Å². The Hall–Kier alpha value is -3.21. The smallest absolute Gasteiger partial charge is 0.223 e. The van der Waals surface area contributed by atoms with Crippen molar-refractivity contribution >= 4 is 11.6 Å². The average molecular weight is 426 g/mol. The van der Waals surface area contributed by atoms with Gasteiger partial charge in [-0.25, -0.2) is 15.0 Å². The average Bonchev–Trinajstić information content (AvgIpc) is 3.25. The van der Waals surface area contributed by atoms with E-state index in [1.165, 1.54) is 44.1 Å². The molecule has 5 heteroatoms. The molecule has 0 amide bonds. The van der Waals surface area contributed by atoms with Gasteiger partial charge in [0.25, 0.3) is 0 Å². The molecule has 0 atom stereocenters. The van der Waals surface area contributed by atoms with Crippen LogP contribution in [0.5, 0.6) is 0 Å². The lowest BCUT2D eigenvalue weighted by Crippen LogP contribution is -2.27. The van der Waals surface area contributed by atoms with Gasteiger partial charge in [-0.3, -0.25) is 4.40 Å². The number of nitrogens with zero attached hydrogens (tertiary/aromatic N) is 4. The van der Waals surface area contributed by atoms with E-state index in [1.54, 1.807) is 0 Å². The molecule has 3 heterocycles. The summed E-state index contributed by atoms with van der Waals surface area (Å²) in [5.74, 6) is 1.61. The number of rotatable bonds is 6. The fourth-order valence-corrected chi connectivity index (χ4v) is 4.91. The maximum Gasteiger partial charge on any atom is 0.223 e. The van der Waals surface area contributed by atoms with Crippen molar-refractivity contribution in [3.63, 3.8) is 0 Å². The Kier molecular flexibility index (Phi) is 5.89. The quantitative estimate of drug-likeness (QED) is 0.381. The molecule has 0 unspecified atom stereocenters. The summed E-state index contributed by atoms with van der Waals surface area (Å²) in [6.45, 7) is 4.35. The van der Waals surface area contributed by atoms with E-state index in [0.717, 1.165) is 40.0 Å². The molecule has 0 radical (unpaired) electrons. The second-order valence-corrected chi connectivity index (χ2v) is 9.03. The third-order valence-electron chi connectivity index (χ3n) is 6.70. The molecule has 164 valence electrons. The molecule has 5 nitrogen and oxygen atoms in total. The molecule has 3 aromatic heterocycles. The number of nitrogens with one attached hydrogen (secondary N) is 1. The number of aromatic nitrogens is 4. The van der Waals surface area contributed by atoms with E-state index in [0.29, 0.717) is 6.04 Å². The molecular weight excluding hydrogens is 394 g/mol. The Morgan fingerprint density at radius 1 is 0.938 bits per heavy atom. The van der Waals surface area contributed by atoms with Gasteiger partial charge in [0.1, 0.15) is 5.65 Å². The molecule has 0 aliphatic heterocycles. The van der Waals surface area contributed by atoms with Gasteiger partial charge in [0, 0.05) is 18.4 Å². The highest BCUT2D eigenvalue weighted by Crippen LogP contribution is 2.30. The van der Waals surface area contributed by atoms with Crippen LogP contribution in [0.4, 0.5) is 5.95 Å². The highest BCUT2D eigenvalue weighted by Gasteiger charge is 2.21. The van der Waals surface area contributed by atoms with Crippen molar-refractivity contribution in [2.75, 3.05) is 5.32 Å². The summed E-state index contributed by atoms with van der Waals surface area (Å²) < 4.78 is 2.14. The van der Waals surface area contributed by atoms with E-state index >= 15 is 0 Å². The molecule has 1 fully saturated rings. The second-order valence-electron chi connectivity index (χ2n) is 9.03. The third kappa shape index (κ3) is 4.24. The van der Waals surface area contributed by atoms with Crippen molar-refractivity contribution in [3.05, 3.63) is 66.6 Å². The van der Waals surface area contributed by atoms with E-state index in [9.17, 15) is 0 Å². The van der Waals surface area contributed by atoms with Crippen LogP contribution in [-0.4, -0.2) is 25.4 Å². The van der Waals surface area contributed by atoms with E-state index in [2.05, 4.69) is 76.1 Å². The van der Waals surface area contributed by atoms with Gasteiger partial charge >= 0.3 is 0 Å². The van der Waals surface area contributed by atoms with Crippen LogP contribution < -0.4 is 5.32 Å². The normalized spacial score (nSPS) is 18.7. The molecule has 1 aliphatic rings. The zero-order valence-corrected chi connectivity index (χ0v) is 19.0. The van der Waals surface area contributed by atoms with Gasteiger partial charge in [-0.15, -0.1) is 0 Å². The zero-order valence-electron chi connectivity index (χ0n) is 19.0. The molecule has 32 heavy (non-hydrogen) atoms. The summed E-state index contributed by atoms with van der Waals surface area (Å²) in [4.78, 5) is 14.1. The standard InChI is InChI=1S/C27H31N5/c1-3-7-20-10-13-23(14-11-20)30-27-29-16-19(2)26(31-27)24-17-28-25-15-12-22(18-32(24)25)21-8-5-4-6-9-21/h4-6,8-9,12,15-18,20,23H,3,7,10-11,13-14H2,1-2H3,(H,29,30,31). The SMILES string of the molecule is CCCC1CCC(Nc2ncc(C)c(-c3cnc4ccc(-c5ccccc5)cn34)n2)CC1. The second kappa shape index (κ2) is 9.11. The summed E-state index contributed by atoms with van der Waals surface area (Å²) in [5, 5.41) is 3.61. The van der Waals surface area contributed by atoms with Crippen LogP contribution in [0.15, 0.2) is 61.1 Å². The Bertz CT molecular complexity index is 1190. The van der Waals surface area contributed by atoms with Crippen LogP contribution in [0, 0.1) is 12.8 Å². The van der Waals surface area contributed by atoms with Crippen LogP contribution in [0.25, 0.3) is 28.2 Å². The fraction of sp³-hybridized carbons (Fsp3) is 0.370. The minimum absolute atomic E-state index is 0.463. The van der Waals surface area contributed by atoms with Gasteiger partial charge in [0.2, 0.25) is 5.95 Å². The first-order valence-electron chi connectivity index (χ1n) is 11.8. The van der Waals surface area contributed by atoms with Gasteiger partial charge in [-0.1, -0.05) is 50.1 Å². The van der Waals surface area contributed by atoms with Crippen molar-refractivity contribution < 1.29 is 0 Å². The topological polar surface area (TPSA) is 55.1 Å². The summed E-state index contributed by atoms with van der Waals surface area (Å²) >= 11 is 0. The van der Waals surface area contributed by atoms with Crippen molar-refractivity contribution in [3.8, 4) is 22.5 Å². The summed E-state index contributed by atoms with van der Waals surface area (Å²) in [6, 6.07) is 15.1. The lowest BCUT2D eigenvalue weighted by Gasteiger charge is -2.29. The first-order valence-corrected chi connectivity index (χ1v) is 11.8. The molecule has 5 rings (SSSR count). The number of benzene rings is 1. The number of pyridine rings is 1. The molecule has 1 saturated carbocycles. The third-order valence-corrected chi connectivity index (χ3v) is 6.70. The molecule has 0 spiro atoms. The highest BCUT2D eigenvalue weighted by atomic mass is 15.1. The molecule has 1 aromatic carbocycles. The highest BCUT2D eigenvalue weighted by molar-refractivity contribution is 5.69. The van der Waals surface area contributed by atoms with Gasteiger partial charge < -0.3 is 5.32 Å². The van der Waals surface area contributed by atoms with Crippen molar-refractivity contribution in [1.82, 2.24) is 19.4 Å². The fourth-order valence-electron chi connectivity index (χ4n) is 4.91. The maximum absolute atomic E-state index is 4.93. The van der Waals surface area contributed by atoms with Gasteiger partial charge in [-0.2, -0.15) is 0 Å². The zero-order chi connectivity index (χ0) is 21.9. The number of aryl methyl sites for hydroxylation is 1. The molecule has 1 aliphatic carbocycles. The predicted octanol–water partition coefficient (Wildman–Crippen LogP) is 6.54. The van der Waals surface area contributed by atoms with E-state index in [1.807, 2.05) is 18.5 Å². The Labute approximate surface area is 190 Å². The Balaban J connectivity index is 1.42. The summed E-state index contributed by atoms with van der Waals surface area (Å²) in [5.41, 5.74) is 6.24. The molecule has 0 bridgehead atoms. The molecule has 4 aromatic rings. The number of hydrogen-bond acceptors (Lipinski definition) is 4. The number of anilines is 1. The van der Waals surface area contributed by atoms with Crippen LogP contribution in [0.2, 0.25) is 0 Å². The Morgan fingerprint density at radius 3 is 2.53 bits per heavy atom. The first kappa shape index (κ1) is 20.7. The lowest BCUT2D eigenvalue weighted by molar-refractivity contribution is 0.318. The first-order chi connectivity index (χ1) is 15.7. The number of fused-ring (bicyclic) bond motifs is 1. The van der Waals surface area contributed by atoms with Crippen LogP contribution in [-0.2, 0) is 0 Å².